The molecule has 2 heterocycles. The molecule has 2 unspecified atom stereocenters. The average molecular weight is 328 g/mol. The van der Waals surface area contributed by atoms with Gasteiger partial charge < -0.3 is 15.3 Å². The number of nitrogens with zero attached hydrogens (tertiary/aromatic N) is 1. The Morgan fingerprint density at radius 1 is 1.57 bits per heavy atom. The fourth-order valence-electron chi connectivity index (χ4n) is 2.40. The molecule has 7 heteroatoms. The molecule has 21 heavy (non-hydrogen) atoms. The Labute approximate surface area is 132 Å². The topological polar surface area (TPSA) is 69.6 Å². The molecule has 2 atom stereocenters. The van der Waals surface area contributed by atoms with Gasteiger partial charge in [0.2, 0.25) is 0 Å². The van der Waals surface area contributed by atoms with Crippen molar-refractivity contribution >= 4 is 35.1 Å². The molecule has 1 aromatic heterocycles. The summed E-state index contributed by atoms with van der Waals surface area (Å²) in [5, 5.41) is 16.0. The number of carboxylic acid groups (broad SMARTS) is 1. The summed E-state index contributed by atoms with van der Waals surface area (Å²) in [6.45, 7) is 2.58. The number of carboxylic acids is 1. The Morgan fingerprint density at radius 2 is 2.38 bits per heavy atom. The number of hydrogen-bond donors (Lipinski definition) is 2. The first kappa shape index (κ1) is 16.2. The van der Waals surface area contributed by atoms with Crippen LogP contribution >= 0.6 is 23.1 Å². The average Bonchev–Trinajstić information content (AvgIpc) is 2.91. The van der Waals surface area contributed by atoms with Crippen LogP contribution in [-0.2, 0) is 11.2 Å². The number of amides is 2. The highest BCUT2D eigenvalue weighted by molar-refractivity contribution is 7.99. The lowest BCUT2D eigenvalue weighted by Crippen LogP contribution is -2.53. The van der Waals surface area contributed by atoms with Crippen LogP contribution in [0.2, 0.25) is 0 Å². The highest BCUT2D eigenvalue weighted by Gasteiger charge is 2.29. The van der Waals surface area contributed by atoms with Crippen molar-refractivity contribution in [3.63, 3.8) is 0 Å². The number of rotatable bonds is 5. The van der Waals surface area contributed by atoms with Crippen LogP contribution in [0, 0.1) is 0 Å². The van der Waals surface area contributed by atoms with E-state index in [-0.39, 0.29) is 24.5 Å². The van der Waals surface area contributed by atoms with Crippen molar-refractivity contribution < 1.29 is 14.7 Å². The maximum Gasteiger partial charge on any atom is 0.317 e. The summed E-state index contributed by atoms with van der Waals surface area (Å²) < 4.78 is 0. The van der Waals surface area contributed by atoms with Crippen LogP contribution in [0.1, 0.15) is 18.9 Å². The van der Waals surface area contributed by atoms with Crippen LogP contribution in [0.15, 0.2) is 16.8 Å². The number of aliphatic carboxylic acids is 1. The Bertz CT molecular complexity index is 479. The summed E-state index contributed by atoms with van der Waals surface area (Å²) in [7, 11) is 0. The number of carbonyl (C=O) groups excluding carboxylic acids is 1. The van der Waals surface area contributed by atoms with Crippen LogP contribution in [0.3, 0.4) is 0 Å². The summed E-state index contributed by atoms with van der Waals surface area (Å²) in [6, 6.07) is 1.73. The maximum absolute atomic E-state index is 12.3. The molecule has 1 aliphatic heterocycles. The van der Waals surface area contributed by atoms with Gasteiger partial charge in [0.1, 0.15) is 0 Å². The largest absolute Gasteiger partial charge is 0.481 e. The number of carbonyl (C=O) groups is 2. The predicted molar refractivity (Wildman–Crippen MR) is 86.1 cm³/mol. The Balaban J connectivity index is 1.89. The van der Waals surface area contributed by atoms with E-state index >= 15 is 0 Å². The number of nitrogens with one attached hydrogen (secondary N) is 1. The second kappa shape index (κ2) is 7.70. The summed E-state index contributed by atoms with van der Waals surface area (Å²) in [5.74, 6) is 0.702. The minimum atomic E-state index is -0.855. The Hall–Kier alpha value is -1.21. The highest BCUT2D eigenvalue weighted by Crippen LogP contribution is 2.19. The zero-order valence-corrected chi connectivity index (χ0v) is 13.6. The summed E-state index contributed by atoms with van der Waals surface area (Å²) in [5.41, 5.74) is 1.21. The molecular formula is C14H20N2O3S2. The molecule has 0 aliphatic carbocycles. The lowest BCUT2D eigenvalue weighted by Gasteiger charge is -2.35. The molecule has 116 valence electrons. The minimum absolute atomic E-state index is 0.0132. The first-order valence-corrected chi connectivity index (χ1v) is 9.03. The third kappa shape index (κ3) is 4.93. The van der Waals surface area contributed by atoms with Crippen molar-refractivity contribution in [2.45, 2.75) is 31.8 Å². The van der Waals surface area contributed by atoms with Gasteiger partial charge in [-0.05, 0) is 35.7 Å². The van der Waals surface area contributed by atoms with Crippen LogP contribution in [0.25, 0.3) is 0 Å². The third-order valence-electron chi connectivity index (χ3n) is 3.39. The van der Waals surface area contributed by atoms with E-state index in [1.54, 1.807) is 28.0 Å². The zero-order valence-electron chi connectivity index (χ0n) is 11.9. The van der Waals surface area contributed by atoms with Crippen molar-refractivity contribution in [1.82, 2.24) is 10.2 Å². The fourth-order valence-corrected chi connectivity index (χ4v) is 4.14. The SMILES string of the molecule is CC(Cc1ccsc1)NC(=O)N1CCSCC1CC(=O)O. The van der Waals surface area contributed by atoms with E-state index in [0.29, 0.717) is 12.3 Å². The first-order valence-electron chi connectivity index (χ1n) is 6.94. The van der Waals surface area contributed by atoms with E-state index in [4.69, 9.17) is 5.11 Å². The van der Waals surface area contributed by atoms with Crippen molar-refractivity contribution in [2.24, 2.45) is 0 Å². The highest BCUT2D eigenvalue weighted by atomic mass is 32.2. The molecule has 0 aromatic carbocycles. The van der Waals surface area contributed by atoms with Gasteiger partial charge >= 0.3 is 12.0 Å². The van der Waals surface area contributed by atoms with Crippen LogP contribution < -0.4 is 5.32 Å². The van der Waals surface area contributed by atoms with Crippen molar-refractivity contribution in [1.29, 1.82) is 0 Å². The lowest BCUT2D eigenvalue weighted by molar-refractivity contribution is -0.137. The molecule has 0 radical (unpaired) electrons. The van der Waals surface area contributed by atoms with Gasteiger partial charge in [0.15, 0.2) is 0 Å². The summed E-state index contributed by atoms with van der Waals surface area (Å²) in [6.07, 6.45) is 0.806. The third-order valence-corrected chi connectivity index (χ3v) is 5.21. The van der Waals surface area contributed by atoms with Gasteiger partial charge in [0.05, 0.1) is 12.5 Å². The summed E-state index contributed by atoms with van der Waals surface area (Å²) >= 11 is 3.35. The molecule has 1 aliphatic rings. The molecule has 2 amide bonds. The number of urea groups is 1. The lowest BCUT2D eigenvalue weighted by atomic mass is 10.1. The minimum Gasteiger partial charge on any atom is -0.481 e. The Morgan fingerprint density at radius 3 is 3.05 bits per heavy atom. The van der Waals surface area contributed by atoms with E-state index in [0.717, 1.165) is 12.2 Å². The van der Waals surface area contributed by atoms with E-state index in [1.165, 1.54) is 5.56 Å². The van der Waals surface area contributed by atoms with E-state index < -0.39 is 5.97 Å². The van der Waals surface area contributed by atoms with Crippen LogP contribution in [0.4, 0.5) is 4.79 Å². The fraction of sp³-hybridized carbons (Fsp3) is 0.571. The van der Waals surface area contributed by atoms with Crippen LogP contribution in [-0.4, -0.2) is 52.1 Å². The Kier molecular flexibility index (Phi) is 5.93. The van der Waals surface area contributed by atoms with Crippen molar-refractivity contribution in [3.05, 3.63) is 22.4 Å². The van der Waals surface area contributed by atoms with E-state index in [9.17, 15) is 9.59 Å². The van der Waals surface area contributed by atoms with Gasteiger partial charge in [-0.25, -0.2) is 4.79 Å². The van der Waals surface area contributed by atoms with Gasteiger partial charge in [-0.1, -0.05) is 0 Å². The smallest absolute Gasteiger partial charge is 0.317 e. The van der Waals surface area contributed by atoms with E-state index in [2.05, 4.69) is 16.8 Å². The van der Waals surface area contributed by atoms with Gasteiger partial charge in [-0.15, -0.1) is 0 Å². The molecule has 5 nitrogen and oxygen atoms in total. The molecule has 0 bridgehead atoms. The van der Waals surface area contributed by atoms with E-state index in [1.807, 2.05) is 12.3 Å². The molecule has 2 rings (SSSR count). The number of thioether (sulfide) groups is 1. The zero-order chi connectivity index (χ0) is 15.2. The van der Waals surface area contributed by atoms with Gasteiger partial charge in [0.25, 0.3) is 0 Å². The predicted octanol–water partition coefficient (Wildman–Crippen LogP) is 2.28. The molecule has 0 saturated carbocycles. The monoisotopic (exact) mass is 328 g/mol. The molecule has 1 saturated heterocycles. The quantitative estimate of drug-likeness (QED) is 0.870. The normalized spacial score (nSPS) is 20.0. The van der Waals surface area contributed by atoms with Crippen molar-refractivity contribution in [2.75, 3.05) is 18.1 Å². The van der Waals surface area contributed by atoms with Crippen molar-refractivity contribution in [3.8, 4) is 0 Å². The molecule has 1 aromatic rings. The summed E-state index contributed by atoms with van der Waals surface area (Å²) in [4.78, 5) is 24.9. The van der Waals surface area contributed by atoms with Gasteiger partial charge in [0, 0.05) is 24.1 Å². The first-order chi connectivity index (χ1) is 10.1. The number of hydrogen-bond acceptors (Lipinski definition) is 4. The molecule has 1 fully saturated rings. The second-order valence-corrected chi connectivity index (χ2v) is 7.14. The molecular weight excluding hydrogens is 308 g/mol. The maximum atomic E-state index is 12.3. The van der Waals surface area contributed by atoms with Gasteiger partial charge in [-0.3, -0.25) is 4.79 Å². The second-order valence-electron chi connectivity index (χ2n) is 5.21. The number of thiophene rings is 1. The van der Waals surface area contributed by atoms with Crippen LogP contribution in [0.5, 0.6) is 0 Å². The molecule has 0 spiro atoms. The molecule has 2 N–H and O–H groups in total. The standard InChI is InChI=1S/C14H20N2O3S2/c1-10(6-11-2-4-20-8-11)15-14(19)16-3-5-21-9-12(16)7-13(17)18/h2,4,8,10,12H,3,5-7,9H2,1H3,(H,15,19)(H,17,18). The van der Waals surface area contributed by atoms with Gasteiger partial charge in [-0.2, -0.15) is 23.1 Å².